The van der Waals surface area contributed by atoms with Gasteiger partial charge in [-0.3, -0.25) is 9.79 Å². The normalized spacial score (nSPS) is 24.7. The van der Waals surface area contributed by atoms with Gasteiger partial charge < -0.3 is 20.7 Å². The molecule has 3 fully saturated rings. The molecule has 37 heavy (non-hydrogen) atoms. The fourth-order valence-electron chi connectivity index (χ4n) is 5.56. The number of piperidine rings is 1. The quantitative estimate of drug-likeness (QED) is 0.498. The number of amidine groups is 1. The average Bonchev–Trinajstić information content (AvgIpc) is 3.45. The van der Waals surface area contributed by atoms with Crippen LogP contribution in [0.15, 0.2) is 28.6 Å². The number of alkyl carbamates (subject to hydrolysis) is 1. The van der Waals surface area contributed by atoms with Gasteiger partial charge in [0.2, 0.25) is 10.0 Å². The minimum absolute atomic E-state index is 0.0765. The monoisotopic (exact) mass is 529 g/mol. The van der Waals surface area contributed by atoms with Crippen molar-refractivity contribution in [3.05, 3.63) is 34.7 Å². The minimum atomic E-state index is -3.63. The van der Waals surface area contributed by atoms with Gasteiger partial charge in [-0.25, -0.2) is 13.2 Å². The maximum Gasteiger partial charge on any atom is 0.407 e. The molecule has 200 valence electrons. The third-order valence-electron chi connectivity index (χ3n) is 7.87. The Kier molecular flexibility index (Phi) is 7.26. The molecule has 3 N–H and O–H groups in total. The summed E-state index contributed by atoms with van der Waals surface area (Å²) in [5.74, 6) is 1.06. The number of hydrogen-bond donors (Lipinski definition) is 3. The highest BCUT2D eigenvalue weighted by Gasteiger charge is 2.48. The van der Waals surface area contributed by atoms with E-state index < -0.39 is 21.7 Å². The molecular formula is C26H35N5O5S. The zero-order valence-electron chi connectivity index (χ0n) is 21.2. The number of amides is 2. The molecule has 5 rings (SSSR count). The topological polar surface area (TPSA) is 129 Å². The minimum Gasteiger partial charge on any atom is -0.442 e. The third kappa shape index (κ3) is 5.67. The van der Waals surface area contributed by atoms with E-state index in [4.69, 9.17) is 9.73 Å². The number of ether oxygens (including phenoxy) is 1. The Morgan fingerprint density at radius 1 is 1.19 bits per heavy atom. The van der Waals surface area contributed by atoms with Crippen LogP contribution >= 0.6 is 0 Å². The van der Waals surface area contributed by atoms with Crippen LogP contribution in [0.2, 0.25) is 0 Å². The summed E-state index contributed by atoms with van der Waals surface area (Å²) in [6.45, 7) is 3.41. The van der Waals surface area contributed by atoms with E-state index >= 15 is 0 Å². The van der Waals surface area contributed by atoms with Gasteiger partial charge in [-0.1, -0.05) is 25.3 Å². The van der Waals surface area contributed by atoms with Crippen LogP contribution in [-0.2, 0) is 19.6 Å². The molecule has 4 aliphatic rings. The van der Waals surface area contributed by atoms with Gasteiger partial charge in [-0.15, -0.1) is 0 Å². The molecule has 0 aromatic heterocycles. The van der Waals surface area contributed by atoms with E-state index in [9.17, 15) is 18.0 Å². The fourth-order valence-corrected chi connectivity index (χ4v) is 6.74. The van der Waals surface area contributed by atoms with Crippen LogP contribution in [0, 0.1) is 12.8 Å². The first-order chi connectivity index (χ1) is 17.7. The molecule has 3 aliphatic heterocycles. The summed E-state index contributed by atoms with van der Waals surface area (Å²) >= 11 is 0. The zero-order chi connectivity index (χ0) is 26.0. The Morgan fingerprint density at radius 2 is 1.95 bits per heavy atom. The highest BCUT2D eigenvalue weighted by Crippen LogP contribution is 2.35. The largest absolute Gasteiger partial charge is 0.442 e. The van der Waals surface area contributed by atoms with Crippen molar-refractivity contribution in [2.75, 3.05) is 31.5 Å². The predicted octanol–water partition coefficient (Wildman–Crippen LogP) is 2.76. The van der Waals surface area contributed by atoms with Gasteiger partial charge in [0.05, 0.1) is 13.1 Å². The Balaban J connectivity index is 1.18. The van der Waals surface area contributed by atoms with Gasteiger partial charge in [-0.05, 0) is 61.9 Å². The first-order valence-corrected chi connectivity index (χ1v) is 14.6. The van der Waals surface area contributed by atoms with E-state index in [1.54, 1.807) is 6.08 Å². The maximum absolute atomic E-state index is 13.1. The Bertz CT molecular complexity index is 1210. The lowest BCUT2D eigenvalue weighted by Gasteiger charge is -2.34. The number of sulfonamides is 1. The van der Waals surface area contributed by atoms with Crippen LogP contribution in [-0.4, -0.2) is 68.4 Å². The predicted molar refractivity (Wildman–Crippen MR) is 142 cm³/mol. The first-order valence-electron chi connectivity index (χ1n) is 13.1. The number of carbonyl (C=O) groups excluding carboxylic acids is 2. The molecule has 2 amide bonds. The molecule has 0 bridgehead atoms. The number of cyclic esters (lactones) is 1. The number of aryl methyl sites for hydroxylation is 1. The second-order valence-electron chi connectivity index (χ2n) is 10.4. The summed E-state index contributed by atoms with van der Waals surface area (Å²) in [6.07, 6.45) is 7.47. The number of nitrogens with one attached hydrogen (secondary N) is 3. The highest BCUT2D eigenvalue weighted by atomic mass is 32.2. The summed E-state index contributed by atoms with van der Waals surface area (Å²) in [5.41, 5.74) is 1.76. The Hall–Kier alpha value is -2.92. The summed E-state index contributed by atoms with van der Waals surface area (Å²) in [4.78, 5) is 28.8. The average molecular weight is 530 g/mol. The van der Waals surface area contributed by atoms with E-state index in [0.717, 1.165) is 35.5 Å². The van der Waals surface area contributed by atoms with Crippen LogP contribution in [0.3, 0.4) is 0 Å². The van der Waals surface area contributed by atoms with E-state index in [1.165, 1.54) is 29.0 Å². The third-order valence-corrected chi connectivity index (χ3v) is 9.44. The smallest absolute Gasteiger partial charge is 0.407 e. The van der Waals surface area contributed by atoms with Crippen LogP contribution in [0.1, 0.15) is 56.1 Å². The molecule has 1 unspecified atom stereocenters. The highest BCUT2D eigenvalue weighted by molar-refractivity contribution is 7.92. The molecule has 2 saturated heterocycles. The van der Waals surface area contributed by atoms with Crippen LogP contribution in [0.25, 0.3) is 6.08 Å². The van der Waals surface area contributed by atoms with Crippen molar-refractivity contribution in [1.29, 1.82) is 0 Å². The summed E-state index contributed by atoms with van der Waals surface area (Å²) in [7, 11) is -3.63. The molecule has 11 heteroatoms. The summed E-state index contributed by atoms with van der Waals surface area (Å²) in [5, 5.41) is 10.1. The summed E-state index contributed by atoms with van der Waals surface area (Å²) < 4.78 is 32.7. The van der Waals surface area contributed by atoms with E-state index in [1.807, 2.05) is 25.1 Å². The number of anilines is 1. The van der Waals surface area contributed by atoms with Crippen molar-refractivity contribution in [3.8, 4) is 0 Å². The second-order valence-corrected chi connectivity index (χ2v) is 12.2. The van der Waals surface area contributed by atoms with Crippen molar-refractivity contribution in [1.82, 2.24) is 14.9 Å². The van der Waals surface area contributed by atoms with Crippen molar-refractivity contribution in [2.45, 2.75) is 63.5 Å². The van der Waals surface area contributed by atoms with Crippen molar-refractivity contribution >= 4 is 39.6 Å². The molecule has 1 saturated carbocycles. The second kappa shape index (κ2) is 10.4. The molecule has 1 aromatic rings. The number of rotatable bonds is 7. The number of carbonyl (C=O) groups is 2. The molecule has 3 heterocycles. The van der Waals surface area contributed by atoms with Gasteiger partial charge >= 0.3 is 6.09 Å². The van der Waals surface area contributed by atoms with Gasteiger partial charge in [-0.2, -0.15) is 4.31 Å². The molecule has 1 atom stereocenters. The Labute approximate surface area is 218 Å². The number of nitrogens with zero attached hydrogens (tertiary/aromatic N) is 2. The first kappa shape index (κ1) is 25.7. The van der Waals surface area contributed by atoms with Gasteiger partial charge in [0.1, 0.15) is 17.5 Å². The van der Waals surface area contributed by atoms with E-state index in [2.05, 4.69) is 16.0 Å². The van der Waals surface area contributed by atoms with Crippen molar-refractivity contribution in [3.63, 3.8) is 0 Å². The lowest BCUT2D eigenvalue weighted by Crippen LogP contribution is -2.50. The zero-order valence-corrected chi connectivity index (χ0v) is 22.0. The molecule has 10 nitrogen and oxygen atoms in total. The van der Waals surface area contributed by atoms with Gasteiger partial charge in [0.15, 0.2) is 0 Å². The molecule has 0 radical (unpaired) electrons. The maximum atomic E-state index is 13.1. The summed E-state index contributed by atoms with van der Waals surface area (Å²) in [6, 6.07) is 5.66. The number of benzene rings is 1. The fraction of sp³-hybridized carbons (Fsp3) is 0.577. The lowest BCUT2D eigenvalue weighted by atomic mass is 9.88. The van der Waals surface area contributed by atoms with E-state index in [0.29, 0.717) is 31.8 Å². The molecule has 1 spiro atoms. The Morgan fingerprint density at radius 3 is 2.62 bits per heavy atom. The van der Waals surface area contributed by atoms with Crippen molar-refractivity contribution in [2.24, 2.45) is 10.9 Å². The van der Waals surface area contributed by atoms with Crippen LogP contribution in [0.4, 0.5) is 10.5 Å². The standard InChI is InChI=1S/C26H35N5O5S/c1-18-15-21(27-16-22-17-28-25(33)36-22)8-7-19(18)9-14-37(34,35)31-12-10-26(11-13-31)24(32)29-23(30-26)20-5-3-2-4-6-20/h7-9,14-15,20,22,27H,2-6,10-13,16-17H2,1H3,(H,28,33)(H,29,30,32). The SMILES string of the molecule is Cc1cc(NCC2CNC(=O)O2)ccc1C=CS(=O)(=O)N1CCC2(CC1)N=C(C1CCCCC1)NC2=O. The number of hydrogen-bond acceptors (Lipinski definition) is 7. The van der Waals surface area contributed by atoms with Crippen LogP contribution < -0.4 is 16.0 Å². The van der Waals surface area contributed by atoms with Crippen molar-refractivity contribution < 1.29 is 22.7 Å². The number of aliphatic imine (C=N–C) groups is 1. The van der Waals surface area contributed by atoms with Gasteiger partial charge in [0, 0.05) is 30.1 Å². The molecule has 1 aromatic carbocycles. The van der Waals surface area contributed by atoms with Crippen LogP contribution in [0.5, 0.6) is 0 Å². The molecule has 1 aliphatic carbocycles. The van der Waals surface area contributed by atoms with E-state index in [-0.39, 0.29) is 25.1 Å². The lowest BCUT2D eigenvalue weighted by molar-refractivity contribution is -0.125. The van der Waals surface area contributed by atoms with Gasteiger partial charge in [0.25, 0.3) is 5.91 Å². The molecular weight excluding hydrogens is 494 g/mol.